The summed E-state index contributed by atoms with van der Waals surface area (Å²) in [5, 5.41) is 9.49. The maximum atomic E-state index is 12.5. The molecule has 4 heteroatoms. The molecule has 0 fully saturated rings. The predicted octanol–water partition coefficient (Wildman–Crippen LogP) is 4.58. The van der Waals surface area contributed by atoms with Gasteiger partial charge >= 0.3 is 0 Å². The van der Waals surface area contributed by atoms with Crippen molar-refractivity contribution >= 4 is 35.2 Å². The average molecular weight is 312 g/mol. The normalized spacial score (nSPS) is 15.6. The molecule has 2 nitrogen and oxygen atoms in total. The summed E-state index contributed by atoms with van der Waals surface area (Å²) in [4.78, 5) is 13.5. The molecular formula is C17H10ClNOS. The zero-order valence-electron chi connectivity index (χ0n) is 11.0. The fourth-order valence-electron chi connectivity index (χ4n) is 2.21. The van der Waals surface area contributed by atoms with Gasteiger partial charge in [-0.05, 0) is 42.0 Å². The van der Waals surface area contributed by atoms with Crippen molar-refractivity contribution in [3.8, 4) is 6.07 Å². The molecule has 1 aliphatic rings. The quantitative estimate of drug-likeness (QED) is 0.724. The molecular weight excluding hydrogens is 302 g/mol. The molecule has 0 unspecified atom stereocenters. The summed E-state index contributed by atoms with van der Waals surface area (Å²) in [6.07, 6.45) is 1.85. The maximum absolute atomic E-state index is 12.5. The molecule has 1 heterocycles. The fourth-order valence-corrected chi connectivity index (χ4v) is 3.37. The molecule has 0 radical (unpaired) electrons. The fraction of sp³-hybridized carbons (Fsp3) is 0.0588. The molecule has 21 heavy (non-hydrogen) atoms. The van der Waals surface area contributed by atoms with E-state index in [-0.39, 0.29) is 5.78 Å². The van der Waals surface area contributed by atoms with Gasteiger partial charge in [-0.2, -0.15) is 5.26 Å². The van der Waals surface area contributed by atoms with Gasteiger partial charge in [0, 0.05) is 26.8 Å². The molecule has 3 rings (SSSR count). The average Bonchev–Trinajstić information content (AvgIpc) is 2.51. The molecule has 2 aromatic carbocycles. The molecule has 0 bridgehead atoms. The number of nitrogens with zero attached hydrogens (tertiary/aromatic N) is 1. The van der Waals surface area contributed by atoms with E-state index >= 15 is 0 Å². The van der Waals surface area contributed by atoms with E-state index in [2.05, 4.69) is 6.07 Å². The highest BCUT2D eigenvalue weighted by Gasteiger charge is 2.22. The largest absolute Gasteiger partial charge is 0.289 e. The lowest BCUT2D eigenvalue weighted by Gasteiger charge is -2.17. The SMILES string of the molecule is N#Cc1cccc(/C=C2\CSc3ccc(Cl)cc3C2=O)c1. The van der Waals surface area contributed by atoms with Crippen LogP contribution in [0.2, 0.25) is 5.02 Å². The van der Waals surface area contributed by atoms with Crippen LogP contribution in [0.5, 0.6) is 0 Å². The van der Waals surface area contributed by atoms with Crippen molar-refractivity contribution < 1.29 is 4.79 Å². The summed E-state index contributed by atoms with van der Waals surface area (Å²) in [5.74, 6) is 0.637. The van der Waals surface area contributed by atoms with Gasteiger partial charge < -0.3 is 0 Å². The van der Waals surface area contributed by atoms with Crippen molar-refractivity contribution in [3.05, 3.63) is 69.8 Å². The Morgan fingerprint density at radius 1 is 1.24 bits per heavy atom. The Kier molecular flexibility index (Phi) is 3.83. The number of carbonyl (C=O) groups is 1. The van der Waals surface area contributed by atoms with Gasteiger partial charge in [0.05, 0.1) is 11.6 Å². The first kappa shape index (κ1) is 13.9. The molecule has 0 N–H and O–H groups in total. The summed E-state index contributed by atoms with van der Waals surface area (Å²) < 4.78 is 0. The minimum atomic E-state index is 0.00797. The molecule has 0 aliphatic carbocycles. The van der Waals surface area contributed by atoms with Crippen LogP contribution in [0, 0.1) is 11.3 Å². The highest BCUT2D eigenvalue weighted by Crippen LogP contribution is 2.34. The van der Waals surface area contributed by atoms with E-state index < -0.39 is 0 Å². The first-order valence-electron chi connectivity index (χ1n) is 6.35. The zero-order chi connectivity index (χ0) is 14.8. The molecule has 1 aliphatic heterocycles. The third-order valence-corrected chi connectivity index (χ3v) is 4.58. The number of ketones is 1. The van der Waals surface area contributed by atoms with Crippen LogP contribution in [0.1, 0.15) is 21.5 Å². The molecule has 0 saturated carbocycles. The van der Waals surface area contributed by atoms with Crippen LogP contribution >= 0.6 is 23.4 Å². The van der Waals surface area contributed by atoms with Crippen LogP contribution < -0.4 is 0 Å². The Bertz CT molecular complexity index is 805. The van der Waals surface area contributed by atoms with Gasteiger partial charge in [0.15, 0.2) is 5.78 Å². The van der Waals surface area contributed by atoms with Gasteiger partial charge in [-0.25, -0.2) is 0 Å². The number of hydrogen-bond acceptors (Lipinski definition) is 3. The highest BCUT2D eigenvalue weighted by atomic mass is 35.5. The minimum Gasteiger partial charge on any atom is -0.289 e. The Morgan fingerprint density at radius 3 is 2.90 bits per heavy atom. The summed E-state index contributed by atoms with van der Waals surface area (Å²) in [7, 11) is 0. The van der Waals surface area contributed by atoms with Crippen molar-refractivity contribution in [2.24, 2.45) is 0 Å². The summed E-state index contributed by atoms with van der Waals surface area (Å²) in [6, 6.07) is 14.7. The summed E-state index contributed by atoms with van der Waals surface area (Å²) >= 11 is 7.60. The third kappa shape index (κ3) is 2.87. The van der Waals surface area contributed by atoms with Crippen LogP contribution in [-0.2, 0) is 0 Å². The van der Waals surface area contributed by atoms with Crippen LogP contribution in [0.4, 0.5) is 0 Å². The molecule has 0 atom stereocenters. The molecule has 0 aromatic heterocycles. The van der Waals surface area contributed by atoms with Crippen LogP contribution in [0.25, 0.3) is 6.08 Å². The van der Waals surface area contributed by atoms with Crippen molar-refractivity contribution in [1.29, 1.82) is 5.26 Å². The van der Waals surface area contributed by atoms with Crippen LogP contribution in [0.15, 0.2) is 52.9 Å². The topological polar surface area (TPSA) is 40.9 Å². The van der Waals surface area contributed by atoms with Gasteiger partial charge in [0.1, 0.15) is 0 Å². The minimum absolute atomic E-state index is 0.00797. The first-order valence-corrected chi connectivity index (χ1v) is 7.71. The lowest BCUT2D eigenvalue weighted by molar-refractivity contribution is 0.103. The summed E-state index contributed by atoms with van der Waals surface area (Å²) in [5.41, 5.74) is 2.83. The van der Waals surface area contributed by atoms with Crippen molar-refractivity contribution in [2.45, 2.75) is 4.90 Å². The number of benzene rings is 2. The molecule has 2 aromatic rings. The van der Waals surface area contributed by atoms with E-state index in [1.54, 1.807) is 36.0 Å². The number of halogens is 1. The molecule has 0 saturated heterocycles. The standard InChI is InChI=1S/C17H10ClNOS/c18-14-4-5-16-15(8-14)17(20)13(10-21-16)7-11-2-1-3-12(6-11)9-19/h1-8H,10H2/b13-7+. The number of nitriles is 1. The van der Waals surface area contributed by atoms with E-state index in [0.717, 1.165) is 16.0 Å². The Labute approximate surface area is 132 Å². The Hall–Kier alpha value is -2.02. The van der Waals surface area contributed by atoms with Crippen molar-refractivity contribution in [2.75, 3.05) is 5.75 Å². The number of thioether (sulfide) groups is 1. The van der Waals surface area contributed by atoms with Gasteiger partial charge in [-0.15, -0.1) is 11.8 Å². The second-order valence-corrected chi connectivity index (χ2v) is 6.12. The Balaban J connectivity index is 1.99. The second-order valence-electron chi connectivity index (χ2n) is 4.67. The van der Waals surface area contributed by atoms with Crippen molar-refractivity contribution in [3.63, 3.8) is 0 Å². The summed E-state index contributed by atoms with van der Waals surface area (Å²) in [6.45, 7) is 0. The number of fused-ring (bicyclic) bond motifs is 1. The van der Waals surface area contributed by atoms with Gasteiger partial charge in [-0.1, -0.05) is 23.7 Å². The molecule has 0 amide bonds. The molecule has 0 spiro atoms. The van der Waals surface area contributed by atoms with E-state index in [1.807, 2.05) is 24.3 Å². The van der Waals surface area contributed by atoms with E-state index in [9.17, 15) is 4.79 Å². The van der Waals surface area contributed by atoms with Gasteiger partial charge in [0.25, 0.3) is 0 Å². The van der Waals surface area contributed by atoms with Crippen molar-refractivity contribution in [1.82, 2.24) is 0 Å². The van der Waals surface area contributed by atoms with Crippen LogP contribution in [-0.4, -0.2) is 11.5 Å². The maximum Gasteiger partial charge on any atom is 0.191 e. The number of hydrogen-bond donors (Lipinski definition) is 0. The van der Waals surface area contributed by atoms with Gasteiger partial charge in [0.2, 0.25) is 0 Å². The van der Waals surface area contributed by atoms with Crippen LogP contribution in [0.3, 0.4) is 0 Å². The smallest absolute Gasteiger partial charge is 0.191 e. The first-order chi connectivity index (χ1) is 10.2. The lowest BCUT2D eigenvalue weighted by Crippen LogP contribution is -2.12. The molecule has 102 valence electrons. The zero-order valence-corrected chi connectivity index (χ0v) is 12.5. The highest BCUT2D eigenvalue weighted by molar-refractivity contribution is 7.99. The third-order valence-electron chi connectivity index (χ3n) is 3.22. The number of carbonyl (C=O) groups excluding carboxylic acids is 1. The van der Waals surface area contributed by atoms with E-state index in [4.69, 9.17) is 16.9 Å². The number of Topliss-reactive ketones (excluding diaryl/α,β-unsaturated/α-hetero) is 1. The predicted molar refractivity (Wildman–Crippen MR) is 85.6 cm³/mol. The van der Waals surface area contributed by atoms with Gasteiger partial charge in [-0.3, -0.25) is 4.79 Å². The second kappa shape index (κ2) is 5.77. The Morgan fingerprint density at radius 2 is 2.10 bits per heavy atom. The monoisotopic (exact) mass is 311 g/mol. The van der Waals surface area contributed by atoms with E-state index in [0.29, 0.717) is 21.9 Å². The lowest BCUT2D eigenvalue weighted by atomic mass is 10.0. The van der Waals surface area contributed by atoms with E-state index in [1.165, 1.54) is 0 Å². The number of rotatable bonds is 1.